The first-order valence-electron chi connectivity index (χ1n) is 12.0. The Morgan fingerprint density at radius 2 is 1.52 bits per heavy atom. The van der Waals surface area contributed by atoms with Crippen molar-refractivity contribution in [2.24, 2.45) is 17.2 Å². The van der Waals surface area contributed by atoms with E-state index in [0.717, 1.165) is 11.1 Å². The van der Waals surface area contributed by atoms with Crippen LogP contribution in [0.3, 0.4) is 0 Å². The molecule has 1 heterocycles. The molecule has 0 fully saturated rings. The van der Waals surface area contributed by atoms with Crippen LogP contribution in [-0.4, -0.2) is 60.6 Å². The standard InChI is InChI=1S/C25H35N7O4.4ClH/c26-7-1-2-20-25(36)32-21(24(35)30-9-8-27)13-16-10-14(3-5-18(16)28)15-4-6-22(33)17(11-15)12-19(29)23(34)31-20;;;;/h3-6,10-11,19-21,33H,1-2,7-9,12-13,26-29H2,(H,30,35)(H,31,34)(H,32,36);4*1H/t19-,20-,21-;;;;/m0..../s1. The summed E-state index contributed by atoms with van der Waals surface area (Å²) >= 11 is 0. The molecule has 1 aliphatic rings. The lowest BCUT2D eigenvalue weighted by molar-refractivity contribution is -0.132. The zero-order chi connectivity index (χ0) is 26.2. The first kappa shape index (κ1) is 39.6. The third-order valence-corrected chi connectivity index (χ3v) is 6.16. The van der Waals surface area contributed by atoms with Crippen molar-refractivity contribution in [1.29, 1.82) is 0 Å². The second-order valence-electron chi connectivity index (χ2n) is 8.90. The molecule has 0 unspecified atom stereocenters. The summed E-state index contributed by atoms with van der Waals surface area (Å²) in [5.74, 6) is -1.50. The largest absolute Gasteiger partial charge is 0.508 e. The molecule has 3 rings (SSSR count). The molecule has 3 amide bonds. The van der Waals surface area contributed by atoms with E-state index in [1.54, 1.807) is 24.3 Å². The van der Waals surface area contributed by atoms with Crippen LogP contribution in [0.4, 0.5) is 5.69 Å². The van der Waals surface area contributed by atoms with Gasteiger partial charge in [0.2, 0.25) is 17.7 Å². The molecule has 11 nitrogen and oxygen atoms in total. The highest BCUT2D eigenvalue weighted by atomic mass is 35.5. The molecule has 0 aliphatic carbocycles. The second kappa shape index (κ2) is 18.8. The number of carbonyl (C=O) groups excluding carboxylic acids is 3. The fraction of sp³-hybridized carbons (Fsp3) is 0.400. The van der Waals surface area contributed by atoms with Crippen LogP contribution in [0.1, 0.15) is 24.0 Å². The number of halogens is 4. The highest BCUT2D eigenvalue weighted by Gasteiger charge is 2.29. The van der Waals surface area contributed by atoms with Crippen molar-refractivity contribution in [3.8, 4) is 16.9 Å². The summed E-state index contributed by atoms with van der Waals surface area (Å²) in [6.07, 6.45) is 0.901. The maximum atomic E-state index is 13.2. The fourth-order valence-electron chi connectivity index (χ4n) is 4.11. The zero-order valence-corrected chi connectivity index (χ0v) is 25.0. The van der Waals surface area contributed by atoms with Gasteiger partial charge in [-0.2, -0.15) is 0 Å². The number of amides is 3. The van der Waals surface area contributed by atoms with Crippen molar-refractivity contribution < 1.29 is 19.5 Å². The molecule has 4 bridgehead atoms. The summed E-state index contributed by atoms with van der Waals surface area (Å²) in [5.41, 5.74) is 26.7. The van der Waals surface area contributed by atoms with E-state index in [9.17, 15) is 19.5 Å². The van der Waals surface area contributed by atoms with Crippen molar-refractivity contribution in [3.63, 3.8) is 0 Å². The van der Waals surface area contributed by atoms with Gasteiger partial charge in [0, 0.05) is 31.6 Å². The van der Waals surface area contributed by atoms with E-state index in [1.807, 2.05) is 12.1 Å². The molecule has 0 aromatic heterocycles. The Morgan fingerprint density at radius 1 is 0.900 bits per heavy atom. The first-order chi connectivity index (χ1) is 17.2. The number of rotatable bonds is 6. The van der Waals surface area contributed by atoms with Crippen molar-refractivity contribution in [3.05, 3.63) is 47.5 Å². The molecule has 226 valence electrons. The molecule has 0 radical (unpaired) electrons. The van der Waals surface area contributed by atoms with Crippen LogP contribution in [0, 0.1) is 0 Å². The number of benzene rings is 2. The average Bonchev–Trinajstić information content (AvgIpc) is 2.86. The van der Waals surface area contributed by atoms with E-state index in [0.29, 0.717) is 29.8 Å². The van der Waals surface area contributed by atoms with Gasteiger partial charge in [0.05, 0.1) is 6.04 Å². The van der Waals surface area contributed by atoms with Crippen molar-refractivity contribution in [2.75, 3.05) is 25.4 Å². The van der Waals surface area contributed by atoms with Gasteiger partial charge in [-0.1, -0.05) is 12.1 Å². The summed E-state index contributed by atoms with van der Waals surface area (Å²) < 4.78 is 0. The average molecular weight is 643 g/mol. The van der Waals surface area contributed by atoms with Gasteiger partial charge in [0.15, 0.2) is 0 Å². The van der Waals surface area contributed by atoms with E-state index in [4.69, 9.17) is 22.9 Å². The Bertz CT molecular complexity index is 1130. The summed E-state index contributed by atoms with van der Waals surface area (Å²) in [5, 5.41) is 18.5. The predicted octanol–water partition coefficient (Wildman–Crippen LogP) is 0.538. The van der Waals surface area contributed by atoms with Gasteiger partial charge < -0.3 is 44.0 Å². The summed E-state index contributed by atoms with van der Waals surface area (Å²) in [4.78, 5) is 39.1. The minimum Gasteiger partial charge on any atom is -0.508 e. The molecular formula is C25H39Cl4N7O4. The lowest BCUT2D eigenvalue weighted by Gasteiger charge is -2.24. The Labute approximate surface area is 258 Å². The molecule has 12 N–H and O–H groups in total. The third-order valence-electron chi connectivity index (χ3n) is 6.16. The Hall–Kier alpha value is -2.51. The molecular weight excluding hydrogens is 604 g/mol. The molecule has 2 aromatic rings. The molecule has 0 saturated heterocycles. The molecule has 0 saturated carbocycles. The monoisotopic (exact) mass is 641 g/mol. The van der Waals surface area contributed by atoms with Gasteiger partial charge in [-0.05, 0) is 65.9 Å². The number of aromatic hydroxyl groups is 1. The number of nitrogens with one attached hydrogen (secondary N) is 3. The van der Waals surface area contributed by atoms with E-state index in [1.165, 1.54) is 0 Å². The van der Waals surface area contributed by atoms with Crippen LogP contribution in [-0.2, 0) is 27.2 Å². The quantitative estimate of drug-likeness (QED) is 0.208. The summed E-state index contributed by atoms with van der Waals surface area (Å²) in [7, 11) is 0. The lowest BCUT2D eigenvalue weighted by atomic mass is 9.95. The number of nitrogens with two attached hydrogens (primary N) is 4. The first-order valence-corrected chi connectivity index (χ1v) is 12.0. The van der Waals surface area contributed by atoms with E-state index >= 15 is 0 Å². The smallest absolute Gasteiger partial charge is 0.243 e. The normalized spacial score (nSPS) is 18.4. The van der Waals surface area contributed by atoms with E-state index in [-0.39, 0.29) is 87.7 Å². The van der Waals surface area contributed by atoms with Gasteiger partial charge in [0.1, 0.15) is 17.8 Å². The van der Waals surface area contributed by atoms with Crippen LogP contribution in [0.15, 0.2) is 36.4 Å². The number of fused-ring (bicyclic) bond motifs is 5. The maximum absolute atomic E-state index is 13.2. The van der Waals surface area contributed by atoms with E-state index in [2.05, 4.69) is 16.0 Å². The topological polar surface area (TPSA) is 212 Å². The third kappa shape index (κ3) is 10.5. The van der Waals surface area contributed by atoms with Crippen molar-refractivity contribution >= 4 is 73.0 Å². The second-order valence-corrected chi connectivity index (χ2v) is 8.90. The van der Waals surface area contributed by atoms with Crippen LogP contribution in [0.2, 0.25) is 0 Å². The molecule has 2 aromatic carbocycles. The van der Waals surface area contributed by atoms with Crippen LogP contribution in [0.5, 0.6) is 5.75 Å². The minimum absolute atomic E-state index is 0. The number of hydrogen-bond acceptors (Lipinski definition) is 8. The van der Waals surface area contributed by atoms with Gasteiger partial charge in [-0.3, -0.25) is 14.4 Å². The maximum Gasteiger partial charge on any atom is 0.243 e. The lowest BCUT2D eigenvalue weighted by Crippen LogP contribution is -2.56. The van der Waals surface area contributed by atoms with Gasteiger partial charge >= 0.3 is 0 Å². The Balaban J connectivity index is 0. The molecule has 15 heteroatoms. The summed E-state index contributed by atoms with van der Waals surface area (Å²) in [6, 6.07) is 7.51. The SMILES string of the molecule is Cl.Cl.Cl.Cl.NCCC[C@@H]1NC(=O)[C@@H](N)Cc2cc(ccc2O)-c2ccc(N)c(c2)C[C@@H](C(=O)NCCN)NC1=O. The predicted molar refractivity (Wildman–Crippen MR) is 167 cm³/mol. The van der Waals surface area contributed by atoms with Gasteiger partial charge in [-0.25, -0.2) is 0 Å². The minimum atomic E-state index is -1.02. The van der Waals surface area contributed by atoms with Gasteiger partial charge in [-0.15, -0.1) is 49.6 Å². The highest BCUT2D eigenvalue weighted by molar-refractivity contribution is 5.93. The van der Waals surface area contributed by atoms with Crippen LogP contribution in [0.25, 0.3) is 11.1 Å². The van der Waals surface area contributed by atoms with Crippen LogP contribution >= 0.6 is 49.6 Å². The fourth-order valence-corrected chi connectivity index (χ4v) is 4.11. The number of hydrogen-bond donors (Lipinski definition) is 8. The number of phenolic OH excluding ortho intramolecular Hbond substituents is 1. The summed E-state index contributed by atoms with van der Waals surface area (Å²) in [6.45, 7) is 0.787. The highest BCUT2D eigenvalue weighted by Crippen LogP contribution is 2.29. The number of carbonyl (C=O) groups is 3. The van der Waals surface area contributed by atoms with Crippen molar-refractivity contribution in [1.82, 2.24) is 16.0 Å². The van der Waals surface area contributed by atoms with Crippen LogP contribution < -0.4 is 38.9 Å². The molecule has 3 atom stereocenters. The number of nitrogen functional groups attached to an aromatic ring is 1. The number of anilines is 1. The zero-order valence-electron chi connectivity index (χ0n) is 21.8. The van der Waals surface area contributed by atoms with Gasteiger partial charge in [0.25, 0.3) is 0 Å². The van der Waals surface area contributed by atoms with E-state index < -0.39 is 35.8 Å². The number of phenols is 1. The van der Waals surface area contributed by atoms with Crippen molar-refractivity contribution in [2.45, 2.75) is 43.8 Å². The molecule has 1 aliphatic heterocycles. The Morgan fingerprint density at radius 3 is 2.15 bits per heavy atom. The molecule has 40 heavy (non-hydrogen) atoms. The Kier molecular flexibility index (Phi) is 18.6. The molecule has 0 spiro atoms.